The van der Waals surface area contributed by atoms with E-state index in [2.05, 4.69) is 27.7 Å². The lowest BCUT2D eigenvalue weighted by Crippen LogP contribution is -2.56. The Hall–Kier alpha value is -0.0800. The minimum absolute atomic E-state index is 0.0914. The first-order valence-electron chi connectivity index (χ1n) is 7.12. The Morgan fingerprint density at radius 1 is 1.18 bits per heavy atom. The second-order valence-electron chi connectivity index (χ2n) is 6.89. The molecule has 0 amide bonds. The van der Waals surface area contributed by atoms with Gasteiger partial charge in [-0.15, -0.1) is 0 Å². The van der Waals surface area contributed by atoms with E-state index in [-0.39, 0.29) is 5.41 Å². The molecule has 1 fully saturated rings. The highest BCUT2D eigenvalue weighted by Crippen LogP contribution is 2.56. The van der Waals surface area contributed by atoms with E-state index in [0.29, 0.717) is 17.8 Å². The van der Waals surface area contributed by atoms with E-state index in [1.54, 1.807) is 0 Å². The lowest BCUT2D eigenvalue weighted by atomic mass is 9.51. The molecule has 1 aliphatic carbocycles. The maximum Gasteiger partial charge on any atom is 0.104 e. The number of hydrogen-bond donors (Lipinski definition) is 1. The molecule has 1 N–H and O–H groups in total. The Bertz CT molecular complexity index is 245. The molecule has 0 aliphatic heterocycles. The Morgan fingerprint density at radius 3 is 2.18 bits per heavy atom. The fourth-order valence-corrected chi connectivity index (χ4v) is 4.40. The first-order valence-corrected chi connectivity index (χ1v) is 7.12. The van der Waals surface area contributed by atoms with Crippen LogP contribution in [0.2, 0.25) is 0 Å². The van der Waals surface area contributed by atoms with E-state index in [1.807, 2.05) is 13.8 Å². The van der Waals surface area contributed by atoms with Crippen LogP contribution in [0.5, 0.6) is 0 Å². The van der Waals surface area contributed by atoms with E-state index < -0.39 is 5.60 Å². The smallest absolute Gasteiger partial charge is 0.104 e. The van der Waals surface area contributed by atoms with Gasteiger partial charge in [-0.05, 0) is 44.4 Å². The molecule has 0 spiro atoms. The summed E-state index contributed by atoms with van der Waals surface area (Å²) in [7, 11) is 0. The van der Waals surface area contributed by atoms with Crippen molar-refractivity contribution in [3.05, 3.63) is 0 Å². The summed E-state index contributed by atoms with van der Waals surface area (Å²) >= 11 is 0. The van der Waals surface area contributed by atoms with Gasteiger partial charge in [0, 0.05) is 5.41 Å². The van der Waals surface area contributed by atoms with Gasteiger partial charge in [-0.25, -0.2) is 4.89 Å². The van der Waals surface area contributed by atoms with E-state index in [4.69, 9.17) is 4.89 Å². The van der Waals surface area contributed by atoms with Crippen molar-refractivity contribution < 1.29 is 10.1 Å². The lowest BCUT2D eigenvalue weighted by molar-refractivity contribution is -0.360. The van der Waals surface area contributed by atoms with Gasteiger partial charge in [0.1, 0.15) is 5.60 Å². The van der Waals surface area contributed by atoms with Gasteiger partial charge >= 0.3 is 0 Å². The van der Waals surface area contributed by atoms with Crippen molar-refractivity contribution in [1.29, 1.82) is 0 Å². The van der Waals surface area contributed by atoms with Crippen molar-refractivity contribution >= 4 is 0 Å². The monoisotopic (exact) mass is 242 g/mol. The van der Waals surface area contributed by atoms with Crippen molar-refractivity contribution in [2.75, 3.05) is 0 Å². The minimum atomic E-state index is -0.462. The zero-order valence-electron chi connectivity index (χ0n) is 12.4. The molecule has 2 heteroatoms. The molecule has 0 saturated heterocycles. The molecule has 2 nitrogen and oxygen atoms in total. The summed E-state index contributed by atoms with van der Waals surface area (Å²) in [4.78, 5) is 4.92. The van der Waals surface area contributed by atoms with Gasteiger partial charge in [-0.3, -0.25) is 5.26 Å². The molecule has 1 rings (SSSR count). The van der Waals surface area contributed by atoms with Gasteiger partial charge in [-0.2, -0.15) is 0 Å². The van der Waals surface area contributed by atoms with Crippen LogP contribution in [0, 0.1) is 23.2 Å². The maximum absolute atomic E-state index is 9.36. The summed E-state index contributed by atoms with van der Waals surface area (Å²) in [5, 5.41) is 9.36. The second-order valence-corrected chi connectivity index (χ2v) is 6.89. The molecular formula is C15H30O2. The summed E-state index contributed by atoms with van der Waals surface area (Å²) in [6.45, 7) is 13.3. The van der Waals surface area contributed by atoms with E-state index >= 15 is 0 Å². The first kappa shape index (κ1) is 15.0. The fraction of sp³-hybridized carbons (Fsp3) is 1.00. The highest BCUT2D eigenvalue weighted by Gasteiger charge is 2.55. The van der Waals surface area contributed by atoms with Crippen LogP contribution < -0.4 is 0 Å². The summed E-state index contributed by atoms with van der Waals surface area (Å²) < 4.78 is 0. The highest BCUT2D eigenvalue weighted by molar-refractivity contribution is 5.03. The fourth-order valence-electron chi connectivity index (χ4n) is 4.40. The number of rotatable bonds is 4. The van der Waals surface area contributed by atoms with Gasteiger partial charge in [-0.1, -0.05) is 40.5 Å². The van der Waals surface area contributed by atoms with Gasteiger partial charge in [0.15, 0.2) is 0 Å². The Morgan fingerprint density at radius 2 is 1.76 bits per heavy atom. The Balaban J connectivity index is 3.19. The maximum atomic E-state index is 9.36. The molecule has 0 aromatic heterocycles. The molecule has 0 aromatic carbocycles. The quantitative estimate of drug-likeness (QED) is 0.570. The largest absolute Gasteiger partial charge is 0.251 e. The summed E-state index contributed by atoms with van der Waals surface area (Å²) in [6.07, 6.45) is 5.01. The molecule has 2 atom stereocenters. The Labute approximate surface area is 107 Å². The average Bonchev–Trinajstić information content (AvgIpc) is 2.28. The van der Waals surface area contributed by atoms with Gasteiger partial charge < -0.3 is 0 Å². The van der Waals surface area contributed by atoms with Gasteiger partial charge in [0.05, 0.1) is 0 Å². The summed E-state index contributed by atoms with van der Waals surface area (Å²) in [6, 6.07) is 0. The molecule has 0 heterocycles. The molecule has 1 aliphatic rings. The van der Waals surface area contributed by atoms with Crippen LogP contribution in [0.1, 0.15) is 67.2 Å². The van der Waals surface area contributed by atoms with Crippen LogP contribution in [0.3, 0.4) is 0 Å². The second kappa shape index (κ2) is 5.27. The van der Waals surface area contributed by atoms with Crippen molar-refractivity contribution in [1.82, 2.24) is 0 Å². The van der Waals surface area contributed by atoms with Crippen molar-refractivity contribution in [2.24, 2.45) is 23.2 Å². The molecular weight excluding hydrogens is 212 g/mol. The van der Waals surface area contributed by atoms with Crippen LogP contribution >= 0.6 is 0 Å². The SMILES string of the molecule is CC(C)C1CCCCC1(C(C)C)C(C)(C)OO. The van der Waals surface area contributed by atoms with Crippen LogP contribution in [0.4, 0.5) is 0 Å². The average molecular weight is 242 g/mol. The third kappa shape index (κ3) is 2.39. The van der Waals surface area contributed by atoms with E-state index in [0.717, 1.165) is 0 Å². The normalized spacial score (nSPS) is 31.2. The molecule has 0 radical (unpaired) electrons. The topological polar surface area (TPSA) is 29.5 Å². The number of hydrogen-bond acceptors (Lipinski definition) is 2. The summed E-state index contributed by atoms with van der Waals surface area (Å²) in [5.41, 5.74) is -0.370. The van der Waals surface area contributed by atoms with Crippen LogP contribution in [0.15, 0.2) is 0 Å². The van der Waals surface area contributed by atoms with Gasteiger partial charge in [0.25, 0.3) is 0 Å². The third-order valence-electron chi connectivity index (χ3n) is 5.20. The standard InChI is InChI=1S/C15H30O2/c1-11(2)13-9-7-8-10-15(13,12(3)4)14(5,6)17-16/h11-13,16H,7-10H2,1-6H3. The minimum Gasteiger partial charge on any atom is -0.251 e. The van der Waals surface area contributed by atoms with Gasteiger partial charge in [0.2, 0.25) is 0 Å². The predicted molar refractivity (Wildman–Crippen MR) is 71.9 cm³/mol. The third-order valence-corrected chi connectivity index (χ3v) is 5.20. The molecule has 2 unspecified atom stereocenters. The van der Waals surface area contributed by atoms with Crippen LogP contribution in [-0.2, 0) is 4.89 Å². The van der Waals surface area contributed by atoms with E-state index in [9.17, 15) is 5.26 Å². The zero-order valence-corrected chi connectivity index (χ0v) is 12.4. The zero-order chi connectivity index (χ0) is 13.3. The van der Waals surface area contributed by atoms with Crippen molar-refractivity contribution in [3.8, 4) is 0 Å². The Kier molecular flexibility index (Phi) is 4.65. The summed E-state index contributed by atoms with van der Waals surface area (Å²) in [5.74, 6) is 1.81. The van der Waals surface area contributed by atoms with Crippen LogP contribution in [0.25, 0.3) is 0 Å². The molecule has 17 heavy (non-hydrogen) atoms. The van der Waals surface area contributed by atoms with Crippen LogP contribution in [-0.4, -0.2) is 10.9 Å². The van der Waals surface area contributed by atoms with E-state index in [1.165, 1.54) is 25.7 Å². The molecule has 0 aromatic rings. The van der Waals surface area contributed by atoms with Crippen molar-refractivity contribution in [2.45, 2.75) is 72.8 Å². The lowest BCUT2D eigenvalue weighted by Gasteiger charge is -2.56. The highest BCUT2D eigenvalue weighted by atomic mass is 17.1. The predicted octanol–water partition coefficient (Wildman–Crippen LogP) is 4.74. The molecule has 0 bridgehead atoms. The molecule has 102 valence electrons. The first-order chi connectivity index (χ1) is 7.79. The molecule has 1 saturated carbocycles. The van der Waals surface area contributed by atoms with Crippen molar-refractivity contribution in [3.63, 3.8) is 0 Å².